The van der Waals surface area contributed by atoms with Crippen molar-refractivity contribution in [2.24, 2.45) is 5.92 Å². The average Bonchev–Trinajstić information content (AvgIpc) is 2.50. The fraction of sp³-hybridized carbons (Fsp3) is 0.562. The number of methoxy groups -OCH3 is 1. The highest BCUT2D eigenvalue weighted by atomic mass is 19.1. The Morgan fingerprint density at radius 2 is 2.10 bits per heavy atom. The van der Waals surface area contributed by atoms with Gasteiger partial charge < -0.3 is 14.6 Å². The van der Waals surface area contributed by atoms with Crippen LogP contribution in [0.25, 0.3) is 0 Å². The second-order valence-electron chi connectivity index (χ2n) is 5.37. The van der Waals surface area contributed by atoms with Crippen molar-refractivity contribution < 1.29 is 23.8 Å². The van der Waals surface area contributed by atoms with Gasteiger partial charge in [-0.1, -0.05) is 0 Å². The number of rotatable bonds is 6. The third kappa shape index (κ3) is 4.25. The lowest BCUT2D eigenvalue weighted by atomic mass is 9.89. The van der Waals surface area contributed by atoms with E-state index >= 15 is 0 Å². The van der Waals surface area contributed by atoms with Crippen molar-refractivity contribution in [1.82, 2.24) is 0 Å². The van der Waals surface area contributed by atoms with Crippen LogP contribution in [0.2, 0.25) is 0 Å². The summed E-state index contributed by atoms with van der Waals surface area (Å²) < 4.78 is 24.3. The van der Waals surface area contributed by atoms with Gasteiger partial charge in [0.1, 0.15) is 23.5 Å². The number of ether oxygens (including phenoxy) is 2. The van der Waals surface area contributed by atoms with Gasteiger partial charge in [-0.05, 0) is 37.0 Å². The van der Waals surface area contributed by atoms with E-state index in [1.807, 2.05) is 0 Å². The summed E-state index contributed by atoms with van der Waals surface area (Å²) in [7, 11) is 1.50. The van der Waals surface area contributed by atoms with Crippen molar-refractivity contribution in [3.05, 3.63) is 29.6 Å². The molecule has 1 aliphatic rings. The van der Waals surface area contributed by atoms with Crippen LogP contribution in [0.1, 0.15) is 37.4 Å². The van der Waals surface area contributed by atoms with Gasteiger partial charge in [-0.15, -0.1) is 0 Å². The summed E-state index contributed by atoms with van der Waals surface area (Å²) in [5.74, 6) is 0.721. The van der Waals surface area contributed by atoms with Crippen LogP contribution in [0.15, 0.2) is 18.2 Å². The molecule has 4 nitrogen and oxygen atoms in total. The Hall–Kier alpha value is -1.46. The smallest absolute Gasteiger partial charge is 0.132 e. The number of benzene rings is 1. The molecule has 1 saturated carbocycles. The minimum Gasteiger partial charge on any atom is -0.496 e. The Morgan fingerprint density at radius 3 is 2.71 bits per heavy atom. The number of aliphatic hydroxyl groups excluding tert-OH is 1. The molecule has 0 spiro atoms. The first-order chi connectivity index (χ1) is 10.1. The summed E-state index contributed by atoms with van der Waals surface area (Å²) in [6.07, 6.45) is 2.21. The predicted octanol–water partition coefficient (Wildman–Crippen LogP) is 2.64. The van der Waals surface area contributed by atoms with E-state index < -0.39 is 11.9 Å². The maximum absolute atomic E-state index is 13.4. The van der Waals surface area contributed by atoms with E-state index in [-0.39, 0.29) is 6.61 Å². The van der Waals surface area contributed by atoms with E-state index in [4.69, 9.17) is 9.47 Å². The number of carbonyl (C=O) groups is 1. The molecule has 5 heteroatoms. The molecular formula is C16H21FO4. The van der Waals surface area contributed by atoms with Gasteiger partial charge in [-0.25, -0.2) is 4.39 Å². The lowest BCUT2D eigenvalue weighted by Crippen LogP contribution is -2.21. The van der Waals surface area contributed by atoms with Crippen LogP contribution in [-0.4, -0.2) is 31.2 Å². The van der Waals surface area contributed by atoms with E-state index in [2.05, 4.69) is 0 Å². The fourth-order valence-corrected chi connectivity index (χ4v) is 2.62. The SMILES string of the molecule is COc1ccc(F)cc1[C@H](CO)OCC1CCC(=O)CC1. The summed E-state index contributed by atoms with van der Waals surface area (Å²) in [4.78, 5) is 11.2. The van der Waals surface area contributed by atoms with E-state index in [1.165, 1.54) is 25.3 Å². The van der Waals surface area contributed by atoms with Crippen molar-refractivity contribution in [2.45, 2.75) is 31.8 Å². The Bertz CT molecular complexity index is 479. The highest BCUT2D eigenvalue weighted by Gasteiger charge is 2.22. The van der Waals surface area contributed by atoms with Crippen LogP contribution in [0.5, 0.6) is 5.75 Å². The van der Waals surface area contributed by atoms with Gasteiger partial charge in [0.15, 0.2) is 0 Å². The molecule has 0 amide bonds. The number of carbonyl (C=O) groups excluding carboxylic acids is 1. The molecule has 0 unspecified atom stereocenters. The summed E-state index contributed by atoms with van der Waals surface area (Å²) in [6, 6.07) is 4.16. The summed E-state index contributed by atoms with van der Waals surface area (Å²) in [5, 5.41) is 9.50. The predicted molar refractivity (Wildman–Crippen MR) is 75.7 cm³/mol. The number of ketones is 1. The molecule has 1 atom stereocenters. The van der Waals surface area contributed by atoms with E-state index in [0.717, 1.165) is 12.8 Å². The number of halogens is 1. The molecule has 1 fully saturated rings. The Morgan fingerprint density at radius 1 is 1.38 bits per heavy atom. The molecule has 0 heterocycles. The summed E-state index contributed by atoms with van der Waals surface area (Å²) >= 11 is 0. The summed E-state index contributed by atoms with van der Waals surface area (Å²) in [6.45, 7) is 0.212. The van der Waals surface area contributed by atoms with Gasteiger partial charge in [0, 0.05) is 18.4 Å². The molecule has 116 valence electrons. The molecule has 1 aliphatic carbocycles. The van der Waals surface area contributed by atoms with Crippen LogP contribution in [-0.2, 0) is 9.53 Å². The van der Waals surface area contributed by atoms with Crippen molar-refractivity contribution in [3.63, 3.8) is 0 Å². The number of hydrogen-bond acceptors (Lipinski definition) is 4. The van der Waals surface area contributed by atoms with Crippen molar-refractivity contribution in [3.8, 4) is 5.75 Å². The van der Waals surface area contributed by atoms with Gasteiger partial charge in [-0.3, -0.25) is 4.79 Å². The number of Topliss-reactive ketones (excluding diaryl/α,β-unsaturated/α-hetero) is 1. The zero-order valence-corrected chi connectivity index (χ0v) is 12.2. The normalized spacial score (nSPS) is 17.8. The van der Waals surface area contributed by atoms with Crippen molar-refractivity contribution >= 4 is 5.78 Å². The minimum absolute atomic E-state index is 0.245. The molecule has 0 radical (unpaired) electrons. The van der Waals surface area contributed by atoms with E-state index in [9.17, 15) is 14.3 Å². The number of aliphatic hydroxyl groups is 1. The lowest BCUT2D eigenvalue weighted by molar-refractivity contribution is -0.121. The van der Waals surface area contributed by atoms with Gasteiger partial charge in [0.2, 0.25) is 0 Å². The quantitative estimate of drug-likeness (QED) is 0.877. The van der Waals surface area contributed by atoms with Crippen LogP contribution in [0.4, 0.5) is 4.39 Å². The first-order valence-electron chi connectivity index (χ1n) is 7.21. The molecule has 0 bridgehead atoms. The van der Waals surface area contributed by atoms with Crippen LogP contribution in [0.3, 0.4) is 0 Å². The fourth-order valence-electron chi connectivity index (χ4n) is 2.62. The molecule has 0 aliphatic heterocycles. The van der Waals surface area contributed by atoms with Crippen LogP contribution >= 0.6 is 0 Å². The molecule has 0 saturated heterocycles. The highest BCUT2D eigenvalue weighted by Crippen LogP contribution is 2.30. The molecular weight excluding hydrogens is 275 g/mol. The Labute approximate surface area is 123 Å². The standard InChI is InChI=1S/C16H21FO4/c1-20-15-7-4-12(17)8-14(15)16(9-18)21-10-11-2-5-13(19)6-3-11/h4,7-8,11,16,18H,2-3,5-6,9-10H2,1H3/t16-/m0/s1. The molecule has 1 aromatic carbocycles. The first kappa shape index (κ1) is 15.9. The largest absolute Gasteiger partial charge is 0.496 e. The van der Waals surface area contributed by atoms with Crippen LogP contribution in [0, 0.1) is 11.7 Å². The van der Waals surface area contributed by atoms with Gasteiger partial charge in [-0.2, -0.15) is 0 Å². The molecule has 0 aromatic heterocycles. The Kier molecular flexibility index (Phi) is 5.70. The minimum atomic E-state index is -0.617. The van der Waals surface area contributed by atoms with Gasteiger partial charge in [0.05, 0.1) is 20.3 Å². The third-order valence-corrected chi connectivity index (χ3v) is 3.90. The zero-order valence-electron chi connectivity index (χ0n) is 12.2. The topological polar surface area (TPSA) is 55.8 Å². The second kappa shape index (κ2) is 7.52. The second-order valence-corrected chi connectivity index (χ2v) is 5.37. The molecule has 2 rings (SSSR count). The molecule has 21 heavy (non-hydrogen) atoms. The first-order valence-corrected chi connectivity index (χ1v) is 7.21. The highest BCUT2D eigenvalue weighted by molar-refractivity contribution is 5.79. The third-order valence-electron chi connectivity index (χ3n) is 3.90. The van der Waals surface area contributed by atoms with Crippen molar-refractivity contribution in [1.29, 1.82) is 0 Å². The van der Waals surface area contributed by atoms with E-state index in [1.54, 1.807) is 0 Å². The monoisotopic (exact) mass is 296 g/mol. The molecule has 1 aromatic rings. The maximum atomic E-state index is 13.4. The van der Waals surface area contributed by atoms with E-state index in [0.29, 0.717) is 42.5 Å². The lowest BCUT2D eigenvalue weighted by Gasteiger charge is -2.24. The molecule has 1 N–H and O–H groups in total. The van der Waals surface area contributed by atoms with Gasteiger partial charge in [0.25, 0.3) is 0 Å². The maximum Gasteiger partial charge on any atom is 0.132 e. The van der Waals surface area contributed by atoms with Gasteiger partial charge >= 0.3 is 0 Å². The van der Waals surface area contributed by atoms with Crippen LogP contribution < -0.4 is 4.74 Å². The van der Waals surface area contributed by atoms with Crippen molar-refractivity contribution in [2.75, 3.05) is 20.3 Å². The summed E-state index contributed by atoms with van der Waals surface area (Å²) in [5.41, 5.74) is 0.506. The zero-order chi connectivity index (χ0) is 15.2. The number of hydrogen-bond donors (Lipinski definition) is 1. The average molecular weight is 296 g/mol. The Balaban J connectivity index is 1.99.